The average molecular weight is 309 g/mol. The van der Waals surface area contributed by atoms with E-state index >= 15 is 0 Å². The van der Waals surface area contributed by atoms with Crippen LogP contribution >= 0.6 is 0 Å². The Morgan fingerprint density at radius 3 is 1.68 bits per heavy atom. The van der Waals surface area contributed by atoms with E-state index in [0.29, 0.717) is 13.2 Å². The number of hydrogen-bond donors (Lipinski definition) is 0. The number of rotatable bonds is 9. The van der Waals surface area contributed by atoms with Crippen LogP contribution in [-0.4, -0.2) is 59.2 Å². The fourth-order valence-electron chi connectivity index (χ4n) is 1.77. The molecule has 1 aromatic rings. The predicted octanol–water partition coefficient (Wildman–Crippen LogP) is 0.769. The van der Waals surface area contributed by atoms with Crippen molar-refractivity contribution in [2.45, 2.75) is 38.3 Å². The molecule has 0 bridgehead atoms. The zero-order valence-electron chi connectivity index (χ0n) is 12.6. The topological polar surface area (TPSA) is 91.4 Å². The third-order valence-corrected chi connectivity index (χ3v) is 3.33. The first-order valence-electron chi connectivity index (χ1n) is 7.22. The highest BCUT2D eigenvalue weighted by Crippen LogP contribution is 2.24. The van der Waals surface area contributed by atoms with Gasteiger partial charge in [-0.2, -0.15) is 0 Å². The molecule has 0 saturated carbocycles. The first-order valence-corrected chi connectivity index (χ1v) is 7.22. The van der Waals surface area contributed by atoms with Gasteiger partial charge in [0.15, 0.2) is 0 Å². The van der Waals surface area contributed by atoms with E-state index in [1.165, 1.54) is 0 Å². The molecule has 4 atom stereocenters. The summed E-state index contributed by atoms with van der Waals surface area (Å²) in [5.74, 6) is 0. The molecule has 0 radical (unpaired) electrons. The van der Waals surface area contributed by atoms with Crippen LogP contribution in [0.1, 0.15) is 13.8 Å². The summed E-state index contributed by atoms with van der Waals surface area (Å²) in [4.78, 5) is 12.3. The van der Waals surface area contributed by atoms with Crippen LogP contribution < -0.4 is 14.2 Å². The second kappa shape index (κ2) is 6.45. The van der Waals surface area contributed by atoms with Crippen molar-refractivity contribution in [2.75, 3.05) is 19.8 Å². The fourth-order valence-corrected chi connectivity index (χ4v) is 1.77. The van der Waals surface area contributed by atoms with Crippen LogP contribution in [0.3, 0.4) is 0 Å². The lowest BCUT2D eigenvalue weighted by atomic mass is 10.4. The van der Waals surface area contributed by atoms with Crippen molar-refractivity contribution in [1.82, 2.24) is 15.0 Å². The summed E-state index contributed by atoms with van der Waals surface area (Å²) in [7, 11) is 0. The first-order chi connectivity index (χ1) is 10.7. The van der Waals surface area contributed by atoms with E-state index in [-0.39, 0.29) is 49.1 Å². The molecule has 2 saturated heterocycles. The Morgan fingerprint density at radius 1 is 0.909 bits per heavy atom. The predicted molar refractivity (Wildman–Crippen MR) is 75.2 cm³/mol. The Bertz CT molecular complexity index is 503. The van der Waals surface area contributed by atoms with Gasteiger partial charge in [-0.3, -0.25) is 0 Å². The van der Waals surface area contributed by atoms with E-state index in [4.69, 9.17) is 23.7 Å². The zero-order valence-corrected chi connectivity index (χ0v) is 12.6. The number of ether oxygens (including phenoxy) is 5. The summed E-state index contributed by atoms with van der Waals surface area (Å²) in [5.41, 5.74) is 0. The molecule has 0 aromatic carbocycles. The highest BCUT2D eigenvalue weighted by molar-refractivity contribution is 5.10. The highest BCUT2D eigenvalue weighted by atomic mass is 16.6. The van der Waals surface area contributed by atoms with E-state index < -0.39 is 0 Å². The van der Waals surface area contributed by atoms with Crippen LogP contribution in [0, 0.1) is 0 Å². The molecule has 3 heterocycles. The maximum absolute atomic E-state index is 5.50. The summed E-state index contributed by atoms with van der Waals surface area (Å²) in [5, 5.41) is 0. The third kappa shape index (κ3) is 4.05. The lowest BCUT2D eigenvalue weighted by Crippen LogP contribution is -2.13. The van der Waals surface area contributed by atoms with Gasteiger partial charge in [0.2, 0.25) is 0 Å². The normalized spacial score (nSPS) is 28.8. The maximum Gasteiger partial charge on any atom is 0.326 e. The molecule has 8 heteroatoms. The maximum atomic E-state index is 5.50. The summed E-state index contributed by atoms with van der Waals surface area (Å²) in [6.45, 7) is 8.59. The van der Waals surface area contributed by atoms with Crippen molar-refractivity contribution < 1.29 is 23.7 Å². The molecule has 22 heavy (non-hydrogen) atoms. The zero-order chi connectivity index (χ0) is 15.5. The van der Waals surface area contributed by atoms with E-state index in [2.05, 4.69) is 21.5 Å². The quantitative estimate of drug-likeness (QED) is 0.488. The number of hydrogen-bond acceptors (Lipinski definition) is 8. The highest BCUT2D eigenvalue weighted by Gasteiger charge is 2.36. The Morgan fingerprint density at radius 2 is 1.32 bits per heavy atom. The van der Waals surface area contributed by atoms with Gasteiger partial charge < -0.3 is 23.7 Å². The molecule has 2 aliphatic rings. The molecular weight excluding hydrogens is 290 g/mol. The van der Waals surface area contributed by atoms with Crippen LogP contribution in [0.15, 0.2) is 12.7 Å². The minimum atomic E-state index is 0.0828. The number of aromatic nitrogens is 3. The molecule has 2 fully saturated rings. The average Bonchev–Trinajstić information content (AvgIpc) is 3.40. The van der Waals surface area contributed by atoms with Crippen LogP contribution in [0.2, 0.25) is 0 Å². The Kier molecular flexibility index (Phi) is 4.39. The molecule has 120 valence electrons. The first kappa shape index (κ1) is 15.0. The minimum Gasteiger partial charge on any atom is -0.460 e. The van der Waals surface area contributed by atoms with Crippen molar-refractivity contribution in [3.05, 3.63) is 12.7 Å². The monoisotopic (exact) mass is 309 g/mol. The molecule has 0 spiro atoms. The van der Waals surface area contributed by atoms with Crippen LogP contribution in [0.25, 0.3) is 0 Å². The summed E-state index contributed by atoms with van der Waals surface area (Å²) in [6, 6.07) is 0.433. The van der Waals surface area contributed by atoms with Gasteiger partial charge in [-0.05, 0) is 13.8 Å². The van der Waals surface area contributed by atoms with Gasteiger partial charge >= 0.3 is 18.0 Å². The smallest absolute Gasteiger partial charge is 0.326 e. The van der Waals surface area contributed by atoms with Crippen molar-refractivity contribution in [2.24, 2.45) is 0 Å². The van der Waals surface area contributed by atoms with E-state index in [1.807, 2.05) is 13.8 Å². The fraction of sp³-hybridized carbons (Fsp3) is 0.643. The summed E-state index contributed by atoms with van der Waals surface area (Å²) >= 11 is 0. The molecular formula is C14H19N3O5. The van der Waals surface area contributed by atoms with E-state index in [9.17, 15) is 0 Å². The van der Waals surface area contributed by atoms with Crippen LogP contribution in [-0.2, 0) is 9.47 Å². The lowest BCUT2D eigenvalue weighted by molar-refractivity contribution is 0.214. The van der Waals surface area contributed by atoms with Crippen molar-refractivity contribution in [3.8, 4) is 18.0 Å². The van der Waals surface area contributed by atoms with Crippen LogP contribution in [0.4, 0.5) is 0 Å². The molecule has 0 aliphatic carbocycles. The Hall–Kier alpha value is -1.93. The lowest BCUT2D eigenvalue weighted by Gasteiger charge is -2.08. The van der Waals surface area contributed by atoms with Gasteiger partial charge in [0.1, 0.15) is 32.0 Å². The van der Waals surface area contributed by atoms with Crippen molar-refractivity contribution in [3.63, 3.8) is 0 Å². The second-order valence-electron chi connectivity index (χ2n) is 5.16. The summed E-state index contributed by atoms with van der Waals surface area (Å²) < 4.78 is 26.9. The largest absolute Gasteiger partial charge is 0.460 e. The standard InChI is InChI=1S/C14H19N3O5/c1-4-5-18-12-15-13(19-6-10-8(2)21-10)17-14(16-12)20-7-11-9(3)22-11/h4,8-11H,1,5-7H2,2-3H3. The van der Waals surface area contributed by atoms with E-state index in [1.54, 1.807) is 6.08 Å². The molecule has 0 N–H and O–H groups in total. The van der Waals surface area contributed by atoms with Gasteiger partial charge in [0, 0.05) is 0 Å². The summed E-state index contributed by atoms with van der Waals surface area (Å²) in [6.07, 6.45) is 2.19. The van der Waals surface area contributed by atoms with Gasteiger partial charge in [-0.1, -0.05) is 12.7 Å². The molecule has 1 aromatic heterocycles. The molecule has 4 unspecified atom stereocenters. The molecule has 2 aliphatic heterocycles. The van der Waals surface area contributed by atoms with Crippen LogP contribution in [0.5, 0.6) is 18.0 Å². The van der Waals surface area contributed by atoms with Gasteiger partial charge in [0.05, 0.1) is 12.2 Å². The minimum absolute atomic E-state index is 0.0828. The Balaban J connectivity index is 1.61. The van der Waals surface area contributed by atoms with Crippen molar-refractivity contribution in [1.29, 1.82) is 0 Å². The van der Waals surface area contributed by atoms with Gasteiger partial charge in [-0.15, -0.1) is 15.0 Å². The Labute approximate surface area is 128 Å². The molecule has 8 nitrogen and oxygen atoms in total. The second-order valence-corrected chi connectivity index (χ2v) is 5.16. The van der Waals surface area contributed by atoms with Crippen molar-refractivity contribution >= 4 is 0 Å². The van der Waals surface area contributed by atoms with Gasteiger partial charge in [-0.25, -0.2) is 0 Å². The third-order valence-electron chi connectivity index (χ3n) is 3.33. The van der Waals surface area contributed by atoms with E-state index in [0.717, 1.165) is 0 Å². The molecule has 0 amide bonds. The molecule has 3 rings (SSSR count). The number of nitrogens with zero attached hydrogens (tertiary/aromatic N) is 3. The number of epoxide rings is 2. The SMILES string of the molecule is C=CCOc1nc(OCC2OC2C)nc(OCC2OC2C)n1. The van der Waals surface area contributed by atoms with Gasteiger partial charge in [0.25, 0.3) is 0 Å².